The molecule has 0 bridgehead atoms. The highest BCUT2D eigenvalue weighted by Crippen LogP contribution is 2.24. The lowest BCUT2D eigenvalue weighted by Gasteiger charge is -2.16. The van der Waals surface area contributed by atoms with Crippen molar-refractivity contribution >= 4 is 0 Å². The Morgan fingerprint density at radius 3 is 2.35 bits per heavy atom. The summed E-state index contributed by atoms with van der Waals surface area (Å²) in [4.78, 5) is 0. The van der Waals surface area contributed by atoms with Crippen LogP contribution in [0, 0.1) is 0 Å². The van der Waals surface area contributed by atoms with Crippen LogP contribution in [0.4, 0.5) is 0 Å². The maximum Gasteiger partial charge on any atom is 0.119 e. The van der Waals surface area contributed by atoms with Crippen molar-refractivity contribution in [3.8, 4) is 5.75 Å². The minimum absolute atomic E-state index is 0.109. The Bertz CT molecular complexity index is 531. The highest BCUT2D eigenvalue weighted by atomic mass is 16.5. The number of ether oxygens (including phenoxy) is 1. The topological polar surface area (TPSA) is 29.5 Å². The van der Waals surface area contributed by atoms with E-state index in [9.17, 15) is 5.11 Å². The average Bonchev–Trinajstić information content (AvgIpc) is 2.53. The molecule has 0 amide bonds. The van der Waals surface area contributed by atoms with Gasteiger partial charge in [-0.15, -0.1) is 0 Å². The molecule has 20 heavy (non-hydrogen) atoms. The smallest absolute Gasteiger partial charge is 0.119 e. The zero-order valence-corrected chi connectivity index (χ0v) is 12.2. The second-order valence-corrected chi connectivity index (χ2v) is 5.03. The van der Waals surface area contributed by atoms with Gasteiger partial charge in [-0.05, 0) is 41.7 Å². The van der Waals surface area contributed by atoms with Gasteiger partial charge in [-0.2, -0.15) is 0 Å². The number of hydrogen-bond acceptors (Lipinski definition) is 2. The Morgan fingerprint density at radius 1 is 1.05 bits per heavy atom. The third-order valence-corrected chi connectivity index (χ3v) is 3.70. The summed E-state index contributed by atoms with van der Waals surface area (Å²) in [5.41, 5.74) is 3.71. The summed E-state index contributed by atoms with van der Waals surface area (Å²) in [5.74, 6) is 0.944. The fourth-order valence-corrected chi connectivity index (χ4v) is 2.38. The molecule has 0 aromatic heterocycles. The SMILES string of the molecule is CCc1ccc(CC(CO)c2cccc(OC)c2)cc1. The number of benzene rings is 2. The largest absolute Gasteiger partial charge is 0.497 e. The Balaban J connectivity index is 2.14. The summed E-state index contributed by atoms with van der Waals surface area (Å²) in [7, 11) is 1.66. The van der Waals surface area contributed by atoms with Gasteiger partial charge in [-0.3, -0.25) is 0 Å². The van der Waals surface area contributed by atoms with Gasteiger partial charge >= 0.3 is 0 Å². The molecule has 106 valence electrons. The molecule has 2 rings (SSSR count). The van der Waals surface area contributed by atoms with Crippen LogP contribution < -0.4 is 4.74 Å². The summed E-state index contributed by atoms with van der Waals surface area (Å²) in [6.45, 7) is 2.30. The second-order valence-electron chi connectivity index (χ2n) is 5.03. The first kappa shape index (κ1) is 14.6. The van der Waals surface area contributed by atoms with E-state index in [2.05, 4.69) is 31.2 Å². The second kappa shape index (κ2) is 7.11. The summed E-state index contributed by atoms with van der Waals surface area (Å²) >= 11 is 0. The van der Waals surface area contributed by atoms with Gasteiger partial charge in [0.15, 0.2) is 0 Å². The molecular formula is C18H22O2. The van der Waals surface area contributed by atoms with Gasteiger partial charge in [0.25, 0.3) is 0 Å². The number of rotatable bonds is 6. The third-order valence-electron chi connectivity index (χ3n) is 3.70. The first-order valence-electron chi connectivity index (χ1n) is 7.09. The van der Waals surface area contributed by atoms with Gasteiger partial charge in [0.2, 0.25) is 0 Å². The van der Waals surface area contributed by atoms with Crippen LogP contribution in [0.1, 0.15) is 29.5 Å². The van der Waals surface area contributed by atoms with Crippen LogP contribution in [-0.2, 0) is 12.8 Å². The first-order valence-corrected chi connectivity index (χ1v) is 7.09. The van der Waals surface area contributed by atoms with Gasteiger partial charge < -0.3 is 9.84 Å². The molecule has 1 N–H and O–H groups in total. The van der Waals surface area contributed by atoms with Gasteiger partial charge in [0.05, 0.1) is 13.7 Å². The Labute approximate surface area is 121 Å². The number of aliphatic hydroxyl groups is 1. The van der Waals surface area contributed by atoms with Crippen molar-refractivity contribution in [3.63, 3.8) is 0 Å². The Hall–Kier alpha value is -1.80. The third kappa shape index (κ3) is 3.61. The van der Waals surface area contributed by atoms with E-state index in [0.29, 0.717) is 0 Å². The molecule has 0 fully saturated rings. The quantitative estimate of drug-likeness (QED) is 0.869. The molecule has 1 unspecified atom stereocenters. The lowest BCUT2D eigenvalue weighted by Crippen LogP contribution is -2.08. The van der Waals surface area contributed by atoms with Gasteiger partial charge in [0, 0.05) is 5.92 Å². The summed E-state index contributed by atoms with van der Waals surface area (Å²) < 4.78 is 5.25. The fraction of sp³-hybridized carbons (Fsp3) is 0.333. The number of aryl methyl sites for hydroxylation is 1. The highest BCUT2D eigenvalue weighted by Gasteiger charge is 2.12. The van der Waals surface area contributed by atoms with Crippen LogP contribution in [0.3, 0.4) is 0 Å². The van der Waals surface area contributed by atoms with Crippen molar-refractivity contribution in [1.82, 2.24) is 0 Å². The Morgan fingerprint density at radius 2 is 1.75 bits per heavy atom. The maximum absolute atomic E-state index is 9.66. The maximum atomic E-state index is 9.66. The van der Waals surface area contributed by atoms with E-state index < -0.39 is 0 Å². The predicted molar refractivity (Wildman–Crippen MR) is 82.3 cm³/mol. The molecular weight excluding hydrogens is 248 g/mol. The number of hydrogen-bond donors (Lipinski definition) is 1. The van der Waals surface area contributed by atoms with Crippen LogP contribution >= 0.6 is 0 Å². The molecule has 0 aliphatic rings. The van der Waals surface area contributed by atoms with Crippen molar-refractivity contribution < 1.29 is 9.84 Å². The summed E-state index contributed by atoms with van der Waals surface area (Å²) in [6.07, 6.45) is 1.90. The molecule has 1 atom stereocenters. The van der Waals surface area contributed by atoms with Gasteiger partial charge in [-0.25, -0.2) is 0 Å². The van der Waals surface area contributed by atoms with E-state index in [4.69, 9.17) is 4.74 Å². The van der Waals surface area contributed by atoms with E-state index >= 15 is 0 Å². The lowest BCUT2D eigenvalue weighted by atomic mass is 9.92. The van der Waals surface area contributed by atoms with Crippen LogP contribution in [0.2, 0.25) is 0 Å². The van der Waals surface area contributed by atoms with Crippen molar-refractivity contribution in [2.45, 2.75) is 25.7 Å². The van der Waals surface area contributed by atoms with E-state index in [-0.39, 0.29) is 12.5 Å². The lowest BCUT2D eigenvalue weighted by molar-refractivity contribution is 0.264. The zero-order chi connectivity index (χ0) is 14.4. The standard InChI is InChI=1S/C18H22O2/c1-3-14-7-9-15(10-8-14)11-17(13-19)16-5-4-6-18(12-16)20-2/h4-10,12,17,19H,3,11,13H2,1-2H3. The van der Waals surface area contributed by atoms with Crippen LogP contribution in [0.25, 0.3) is 0 Å². The molecule has 0 heterocycles. The number of aliphatic hydroxyl groups excluding tert-OH is 1. The summed E-state index contributed by atoms with van der Waals surface area (Å²) in [5, 5.41) is 9.66. The van der Waals surface area contributed by atoms with Crippen LogP contribution in [0.5, 0.6) is 5.75 Å². The minimum Gasteiger partial charge on any atom is -0.497 e. The zero-order valence-electron chi connectivity index (χ0n) is 12.2. The van der Waals surface area contributed by atoms with Gasteiger partial charge in [0.1, 0.15) is 5.75 Å². The molecule has 0 saturated heterocycles. The first-order chi connectivity index (χ1) is 9.76. The van der Waals surface area contributed by atoms with Crippen molar-refractivity contribution in [2.24, 2.45) is 0 Å². The predicted octanol–water partition coefficient (Wildman–Crippen LogP) is 3.58. The van der Waals surface area contributed by atoms with Crippen molar-refractivity contribution in [3.05, 3.63) is 65.2 Å². The molecule has 2 nitrogen and oxygen atoms in total. The highest BCUT2D eigenvalue weighted by molar-refractivity contribution is 5.32. The van der Waals surface area contributed by atoms with Crippen LogP contribution in [0.15, 0.2) is 48.5 Å². The van der Waals surface area contributed by atoms with E-state index in [0.717, 1.165) is 24.2 Å². The van der Waals surface area contributed by atoms with Crippen molar-refractivity contribution in [2.75, 3.05) is 13.7 Å². The van der Waals surface area contributed by atoms with E-state index in [1.54, 1.807) is 7.11 Å². The minimum atomic E-state index is 0.109. The van der Waals surface area contributed by atoms with Crippen molar-refractivity contribution in [1.29, 1.82) is 0 Å². The molecule has 0 aliphatic heterocycles. The average molecular weight is 270 g/mol. The summed E-state index contributed by atoms with van der Waals surface area (Å²) in [6, 6.07) is 16.6. The monoisotopic (exact) mass is 270 g/mol. The normalized spacial score (nSPS) is 12.2. The molecule has 2 aromatic carbocycles. The molecule has 0 saturated carbocycles. The molecule has 2 heteroatoms. The molecule has 0 spiro atoms. The fourth-order valence-electron chi connectivity index (χ4n) is 2.38. The van der Waals surface area contributed by atoms with Crippen LogP contribution in [-0.4, -0.2) is 18.8 Å². The number of methoxy groups -OCH3 is 1. The molecule has 0 aliphatic carbocycles. The Kier molecular flexibility index (Phi) is 5.19. The molecule has 0 radical (unpaired) electrons. The molecule has 2 aromatic rings. The van der Waals surface area contributed by atoms with E-state index in [1.807, 2.05) is 24.3 Å². The van der Waals surface area contributed by atoms with Gasteiger partial charge in [-0.1, -0.05) is 43.3 Å². The van der Waals surface area contributed by atoms with E-state index in [1.165, 1.54) is 11.1 Å².